The topological polar surface area (TPSA) is 86.1 Å². The van der Waals surface area contributed by atoms with Crippen molar-refractivity contribution >= 4 is 10.0 Å². The van der Waals surface area contributed by atoms with Gasteiger partial charge in [-0.15, -0.1) is 0 Å². The number of hydrogen-bond donors (Lipinski definition) is 1. The van der Waals surface area contributed by atoms with Crippen LogP contribution in [0, 0.1) is 0 Å². The smallest absolute Gasteiger partial charge is 0.215 e. The lowest BCUT2D eigenvalue weighted by Gasteiger charge is -2.23. The Labute approximate surface area is 119 Å². The van der Waals surface area contributed by atoms with Crippen molar-refractivity contribution in [2.24, 2.45) is 0 Å². The molecule has 1 aliphatic rings. The fourth-order valence-electron chi connectivity index (χ4n) is 2.27. The lowest BCUT2D eigenvalue weighted by molar-refractivity contribution is 0.177. The van der Waals surface area contributed by atoms with E-state index in [-0.39, 0.29) is 11.8 Å². The summed E-state index contributed by atoms with van der Waals surface area (Å²) in [6.45, 7) is 6.20. The van der Waals surface area contributed by atoms with Gasteiger partial charge in [-0.25, -0.2) is 22.8 Å². The standard InChI is InChI=1S/C12H20N4O3S/c1-9(2)8-20(17,18)15-10-4-5-12-13-11(7-19-3)14-16(12)6-10/h10,15H,1,4-8H2,2-3H3/t10-/m1/s1. The van der Waals surface area contributed by atoms with Crippen molar-refractivity contribution in [2.45, 2.75) is 39.0 Å². The van der Waals surface area contributed by atoms with Crippen LogP contribution in [-0.4, -0.2) is 42.1 Å². The van der Waals surface area contributed by atoms with Gasteiger partial charge < -0.3 is 4.74 Å². The molecule has 0 unspecified atom stereocenters. The van der Waals surface area contributed by atoms with Crippen LogP contribution in [0.3, 0.4) is 0 Å². The number of nitrogens with one attached hydrogen (secondary N) is 1. The second kappa shape index (κ2) is 6.02. The quantitative estimate of drug-likeness (QED) is 0.760. The zero-order chi connectivity index (χ0) is 14.8. The van der Waals surface area contributed by atoms with E-state index in [1.165, 1.54) is 0 Å². The van der Waals surface area contributed by atoms with Gasteiger partial charge in [0.1, 0.15) is 12.4 Å². The fourth-order valence-corrected chi connectivity index (χ4v) is 3.70. The third-order valence-electron chi connectivity index (χ3n) is 2.96. The van der Waals surface area contributed by atoms with Gasteiger partial charge in [0.2, 0.25) is 10.0 Å². The average Bonchev–Trinajstić information content (AvgIpc) is 2.68. The van der Waals surface area contributed by atoms with Crippen molar-refractivity contribution < 1.29 is 13.2 Å². The number of aryl methyl sites for hydroxylation is 1. The highest BCUT2D eigenvalue weighted by Crippen LogP contribution is 2.14. The van der Waals surface area contributed by atoms with Crippen molar-refractivity contribution in [3.63, 3.8) is 0 Å². The van der Waals surface area contributed by atoms with Gasteiger partial charge in [0.05, 0.1) is 12.3 Å². The monoisotopic (exact) mass is 300 g/mol. The molecule has 1 atom stereocenters. The minimum atomic E-state index is -3.32. The van der Waals surface area contributed by atoms with Crippen LogP contribution in [0.25, 0.3) is 0 Å². The molecule has 0 aromatic carbocycles. The molecule has 7 nitrogen and oxygen atoms in total. The van der Waals surface area contributed by atoms with Crippen LogP contribution in [-0.2, 0) is 34.3 Å². The lowest BCUT2D eigenvalue weighted by Crippen LogP contribution is -2.42. The number of sulfonamides is 1. The van der Waals surface area contributed by atoms with Crippen molar-refractivity contribution in [3.8, 4) is 0 Å². The number of fused-ring (bicyclic) bond motifs is 1. The summed E-state index contributed by atoms with van der Waals surface area (Å²) < 4.78 is 33.2. The molecule has 0 amide bonds. The molecular formula is C12H20N4O3S. The maximum atomic E-state index is 11.9. The van der Waals surface area contributed by atoms with Gasteiger partial charge in [-0.1, -0.05) is 12.2 Å². The van der Waals surface area contributed by atoms with E-state index < -0.39 is 10.0 Å². The lowest BCUT2D eigenvalue weighted by atomic mass is 10.1. The van der Waals surface area contributed by atoms with Gasteiger partial charge in [0.15, 0.2) is 5.82 Å². The SMILES string of the molecule is C=C(C)CS(=O)(=O)N[C@@H]1CCc2nc(COC)nn2C1. The second-order valence-electron chi connectivity index (χ2n) is 5.13. The number of methoxy groups -OCH3 is 1. The average molecular weight is 300 g/mol. The van der Waals surface area contributed by atoms with Crippen molar-refractivity contribution in [3.05, 3.63) is 23.8 Å². The molecule has 2 heterocycles. The Balaban J connectivity index is 2.02. The molecule has 1 aliphatic heterocycles. The molecule has 1 aromatic rings. The maximum Gasteiger partial charge on any atom is 0.215 e. The maximum absolute atomic E-state index is 11.9. The Kier molecular flexibility index (Phi) is 4.56. The fraction of sp³-hybridized carbons (Fsp3) is 0.667. The van der Waals surface area contributed by atoms with E-state index in [1.807, 2.05) is 0 Å². The van der Waals surface area contributed by atoms with E-state index in [0.29, 0.717) is 31.0 Å². The summed E-state index contributed by atoms with van der Waals surface area (Å²) in [5.74, 6) is 1.48. The highest BCUT2D eigenvalue weighted by Gasteiger charge is 2.25. The number of hydrogen-bond acceptors (Lipinski definition) is 5. The summed E-state index contributed by atoms with van der Waals surface area (Å²) in [7, 11) is -1.73. The second-order valence-corrected chi connectivity index (χ2v) is 6.88. The van der Waals surface area contributed by atoms with Crippen LogP contribution in [0.2, 0.25) is 0 Å². The van der Waals surface area contributed by atoms with Gasteiger partial charge in [-0.2, -0.15) is 5.10 Å². The van der Waals surface area contributed by atoms with E-state index >= 15 is 0 Å². The largest absolute Gasteiger partial charge is 0.377 e. The van der Waals surface area contributed by atoms with E-state index in [0.717, 1.165) is 12.2 Å². The minimum absolute atomic E-state index is 0.0390. The van der Waals surface area contributed by atoms with Crippen LogP contribution in [0.5, 0.6) is 0 Å². The van der Waals surface area contributed by atoms with Crippen LogP contribution >= 0.6 is 0 Å². The summed E-state index contributed by atoms with van der Waals surface area (Å²) in [5, 5.41) is 4.31. The molecule has 20 heavy (non-hydrogen) atoms. The van der Waals surface area contributed by atoms with E-state index in [1.54, 1.807) is 18.7 Å². The van der Waals surface area contributed by atoms with E-state index in [4.69, 9.17) is 4.74 Å². The molecule has 2 rings (SSSR count). The first-order valence-electron chi connectivity index (χ1n) is 6.45. The number of ether oxygens (including phenoxy) is 1. The predicted octanol–water partition coefficient (Wildman–Crippen LogP) is 0.235. The van der Waals surface area contributed by atoms with Crippen LogP contribution < -0.4 is 4.72 Å². The van der Waals surface area contributed by atoms with Gasteiger partial charge in [-0.05, 0) is 13.3 Å². The molecular weight excluding hydrogens is 280 g/mol. The summed E-state index contributed by atoms with van der Waals surface area (Å²) in [6.07, 6.45) is 1.43. The zero-order valence-corrected chi connectivity index (χ0v) is 12.6. The highest BCUT2D eigenvalue weighted by atomic mass is 32.2. The third kappa shape index (κ3) is 3.87. The van der Waals surface area contributed by atoms with Crippen LogP contribution in [0.15, 0.2) is 12.2 Å². The van der Waals surface area contributed by atoms with Crippen molar-refractivity contribution in [1.29, 1.82) is 0 Å². The molecule has 0 saturated heterocycles. The highest BCUT2D eigenvalue weighted by molar-refractivity contribution is 7.89. The van der Waals surface area contributed by atoms with Gasteiger partial charge in [0, 0.05) is 19.6 Å². The van der Waals surface area contributed by atoms with E-state index in [2.05, 4.69) is 21.4 Å². The molecule has 112 valence electrons. The Bertz CT molecular complexity index is 594. The molecule has 0 radical (unpaired) electrons. The third-order valence-corrected chi connectivity index (χ3v) is 4.52. The first-order valence-corrected chi connectivity index (χ1v) is 8.11. The molecule has 0 fully saturated rings. The predicted molar refractivity (Wildman–Crippen MR) is 74.6 cm³/mol. The molecule has 8 heteroatoms. The molecule has 0 saturated carbocycles. The molecule has 0 bridgehead atoms. The van der Waals surface area contributed by atoms with Gasteiger partial charge >= 0.3 is 0 Å². The van der Waals surface area contributed by atoms with Crippen LogP contribution in [0.1, 0.15) is 25.0 Å². The van der Waals surface area contributed by atoms with E-state index in [9.17, 15) is 8.42 Å². The zero-order valence-electron chi connectivity index (χ0n) is 11.8. The normalized spacial score (nSPS) is 18.8. The van der Waals surface area contributed by atoms with Crippen molar-refractivity contribution in [2.75, 3.05) is 12.9 Å². The first-order chi connectivity index (χ1) is 9.39. The molecule has 1 aromatic heterocycles. The van der Waals surface area contributed by atoms with Crippen LogP contribution in [0.4, 0.5) is 0 Å². The summed E-state index contributed by atoms with van der Waals surface area (Å²) in [6, 6.07) is -0.149. The van der Waals surface area contributed by atoms with Gasteiger partial charge in [0.25, 0.3) is 0 Å². The first kappa shape index (κ1) is 15.1. The number of rotatable bonds is 6. The summed E-state index contributed by atoms with van der Waals surface area (Å²) in [4.78, 5) is 4.36. The Morgan fingerprint density at radius 3 is 3.00 bits per heavy atom. The summed E-state index contributed by atoms with van der Waals surface area (Å²) in [5.41, 5.74) is 0.622. The van der Waals surface area contributed by atoms with Crippen molar-refractivity contribution in [1.82, 2.24) is 19.5 Å². The number of nitrogens with zero attached hydrogens (tertiary/aromatic N) is 3. The Hall–Kier alpha value is -1.25. The molecule has 1 N–H and O–H groups in total. The molecule has 0 aliphatic carbocycles. The number of aromatic nitrogens is 3. The Morgan fingerprint density at radius 1 is 1.60 bits per heavy atom. The Morgan fingerprint density at radius 2 is 2.35 bits per heavy atom. The molecule has 0 spiro atoms. The summed E-state index contributed by atoms with van der Waals surface area (Å²) >= 11 is 0. The van der Waals surface area contributed by atoms with Gasteiger partial charge in [-0.3, -0.25) is 0 Å². The minimum Gasteiger partial charge on any atom is -0.377 e.